The summed E-state index contributed by atoms with van der Waals surface area (Å²) < 4.78 is 2.74. The first-order valence-corrected chi connectivity index (χ1v) is 11.5. The van der Waals surface area contributed by atoms with Crippen molar-refractivity contribution in [2.45, 2.75) is 62.6 Å². The van der Waals surface area contributed by atoms with Crippen molar-refractivity contribution in [1.29, 1.82) is 0 Å². The highest BCUT2D eigenvalue weighted by molar-refractivity contribution is 5.24. The van der Waals surface area contributed by atoms with Gasteiger partial charge < -0.3 is 10.2 Å². The topological polar surface area (TPSA) is 40.5 Å². The van der Waals surface area contributed by atoms with E-state index in [1.807, 2.05) is 0 Å². The van der Waals surface area contributed by atoms with Crippen LogP contribution >= 0.6 is 0 Å². The summed E-state index contributed by atoms with van der Waals surface area (Å²) >= 11 is -0.220. The number of aliphatic hydroxyl groups is 2. The van der Waals surface area contributed by atoms with E-state index in [9.17, 15) is 10.2 Å². The molecule has 132 valence electrons. The fourth-order valence-electron chi connectivity index (χ4n) is 4.27. The summed E-state index contributed by atoms with van der Waals surface area (Å²) in [6.07, 6.45) is 8.09. The predicted molar refractivity (Wildman–Crippen MR) is 95.0 cm³/mol. The molecule has 0 atom stereocenters. The molecule has 2 nitrogen and oxygen atoms in total. The Kier molecular flexibility index (Phi) is 4.91. The summed E-state index contributed by atoms with van der Waals surface area (Å²) in [7, 11) is 0. The van der Waals surface area contributed by atoms with Crippen LogP contribution in [0.4, 0.5) is 0 Å². The van der Waals surface area contributed by atoms with Crippen LogP contribution in [0.15, 0.2) is 48.5 Å². The smallest absolute Gasteiger partial charge is 0.357 e. The summed E-state index contributed by atoms with van der Waals surface area (Å²) in [6.45, 7) is 0. The minimum Gasteiger partial charge on any atom is -0.385 e. The van der Waals surface area contributed by atoms with Crippen molar-refractivity contribution in [3.05, 3.63) is 66.8 Å². The average molecular weight is 449 g/mol. The quantitative estimate of drug-likeness (QED) is 0.692. The van der Waals surface area contributed by atoms with Crippen molar-refractivity contribution >= 4 is 0 Å². The third-order valence-corrected chi connectivity index (χ3v) is 8.53. The molecule has 2 fully saturated rings. The molecule has 3 heteroatoms. The Bertz CT molecular complexity index is 645. The molecule has 25 heavy (non-hydrogen) atoms. The molecule has 0 unspecified atom stereocenters. The number of benzene rings is 2. The molecule has 0 heterocycles. The van der Waals surface area contributed by atoms with Crippen molar-refractivity contribution in [2.24, 2.45) is 0 Å². The Morgan fingerprint density at radius 2 is 0.880 bits per heavy atom. The lowest BCUT2D eigenvalue weighted by atomic mass is 9.92. The average Bonchev–Trinajstić information content (AvgIpc) is 3.26. The zero-order chi connectivity index (χ0) is 17.3. The third-order valence-electron chi connectivity index (χ3n) is 5.84. The number of hydrogen-bond acceptors (Lipinski definition) is 2. The van der Waals surface area contributed by atoms with E-state index < -0.39 is 11.2 Å². The van der Waals surface area contributed by atoms with Crippen LogP contribution in [0.25, 0.3) is 0 Å². The maximum atomic E-state index is 10.7. The van der Waals surface area contributed by atoms with Crippen molar-refractivity contribution in [2.75, 3.05) is 0 Å². The van der Waals surface area contributed by atoms with Gasteiger partial charge in [-0.2, -0.15) is 0 Å². The number of rotatable bonds is 4. The van der Waals surface area contributed by atoms with Gasteiger partial charge in [-0.05, 0) is 61.1 Å². The third kappa shape index (κ3) is 3.64. The molecular weight excluding hydrogens is 423 g/mol. The lowest BCUT2D eigenvalue weighted by molar-refractivity contribution is -0.597. The molecule has 0 aliphatic heterocycles. The summed E-state index contributed by atoms with van der Waals surface area (Å²) in [6, 6.07) is 17.3. The first-order valence-electron chi connectivity index (χ1n) is 9.38. The SMILES string of the molecule is OC1(c2ccc([I+]c3ccc(C4(O)CCCC4)cc3)cc2)CCCC1. The maximum Gasteiger partial charge on any atom is 0.357 e. The minimum atomic E-state index is -0.588. The van der Waals surface area contributed by atoms with E-state index in [-0.39, 0.29) is 21.2 Å². The molecule has 0 aromatic heterocycles. The zero-order valence-corrected chi connectivity index (χ0v) is 16.7. The van der Waals surface area contributed by atoms with E-state index in [0.717, 1.165) is 62.5 Å². The summed E-state index contributed by atoms with van der Waals surface area (Å²) in [5.41, 5.74) is 0.984. The van der Waals surface area contributed by atoms with Crippen molar-refractivity contribution < 1.29 is 31.4 Å². The van der Waals surface area contributed by atoms with Crippen LogP contribution in [-0.2, 0) is 11.2 Å². The Morgan fingerprint density at radius 1 is 0.560 bits per heavy atom. The van der Waals surface area contributed by atoms with Crippen LogP contribution in [0.3, 0.4) is 0 Å². The van der Waals surface area contributed by atoms with Crippen LogP contribution < -0.4 is 21.2 Å². The lowest BCUT2D eigenvalue weighted by Gasteiger charge is -2.22. The standard InChI is InChI=1S/C22H26IO2/c24-21(13-1-2-14-21)17-5-9-19(10-6-17)23-20-11-7-18(8-12-20)22(25)15-3-4-16-22/h5-12,24-25H,1-4,13-16H2/q+1. The monoisotopic (exact) mass is 449 g/mol. The van der Waals surface area contributed by atoms with Crippen molar-refractivity contribution in [3.8, 4) is 0 Å². The molecule has 2 aromatic rings. The van der Waals surface area contributed by atoms with Gasteiger partial charge in [0.15, 0.2) is 7.14 Å². The van der Waals surface area contributed by atoms with Gasteiger partial charge in [-0.3, -0.25) is 0 Å². The second kappa shape index (κ2) is 7.01. The van der Waals surface area contributed by atoms with Gasteiger partial charge >= 0.3 is 21.2 Å². The highest BCUT2D eigenvalue weighted by Gasteiger charge is 2.34. The molecule has 2 saturated carbocycles. The largest absolute Gasteiger partial charge is 0.385 e. The molecule has 0 bridgehead atoms. The molecule has 4 rings (SSSR count). The number of hydrogen-bond donors (Lipinski definition) is 2. The molecule has 0 radical (unpaired) electrons. The van der Waals surface area contributed by atoms with Crippen LogP contribution in [-0.4, -0.2) is 10.2 Å². The zero-order valence-electron chi connectivity index (χ0n) is 14.5. The van der Waals surface area contributed by atoms with E-state index in [0.29, 0.717) is 0 Å². The van der Waals surface area contributed by atoms with Gasteiger partial charge in [0.2, 0.25) is 0 Å². The molecule has 0 spiro atoms. The van der Waals surface area contributed by atoms with E-state index in [4.69, 9.17) is 0 Å². The number of halogens is 1. The van der Waals surface area contributed by atoms with Crippen LogP contribution in [0, 0.1) is 7.14 Å². The first kappa shape index (κ1) is 17.5. The molecule has 0 amide bonds. The van der Waals surface area contributed by atoms with Crippen LogP contribution in [0.5, 0.6) is 0 Å². The van der Waals surface area contributed by atoms with Gasteiger partial charge in [-0.25, -0.2) is 0 Å². The van der Waals surface area contributed by atoms with E-state index >= 15 is 0 Å². The molecule has 0 saturated heterocycles. The van der Waals surface area contributed by atoms with E-state index in [1.54, 1.807) is 0 Å². The summed E-state index contributed by atoms with van der Waals surface area (Å²) in [4.78, 5) is 0. The molecular formula is C22H26IO2+. The predicted octanol–water partition coefficient (Wildman–Crippen LogP) is 1.34. The normalized spacial score (nSPS) is 21.5. The molecule has 2 aliphatic carbocycles. The summed E-state index contributed by atoms with van der Waals surface area (Å²) in [5, 5.41) is 21.4. The van der Waals surface area contributed by atoms with Gasteiger partial charge in [-0.1, -0.05) is 49.9 Å². The lowest BCUT2D eigenvalue weighted by Crippen LogP contribution is -3.61. The molecule has 2 aliphatic rings. The Morgan fingerprint density at radius 3 is 1.20 bits per heavy atom. The Hall–Kier alpha value is -0.910. The van der Waals surface area contributed by atoms with Gasteiger partial charge in [0.25, 0.3) is 0 Å². The second-order valence-electron chi connectivity index (χ2n) is 7.59. The van der Waals surface area contributed by atoms with Gasteiger partial charge in [0.05, 0.1) is 11.2 Å². The van der Waals surface area contributed by atoms with E-state index in [2.05, 4.69) is 48.5 Å². The fourth-order valence-corrected chi connectivity index (χ4v) is 6.43. The second-order valence-corrected chi connectivity index (χ2v) is 10.6. The first-order chi connectivity index (χ1) is 12.1. The highest BCUT2D eigenvalue weighted by Crippen LogP contribution is 2.39. The van der Waals surface area contributed by atoms with E-state index in [1.165, 1.54) is 7.14 Å². The van der Waals surface area contributed by atoms with Crippen LogP contribution in [0.1, 0.15) is 62.5 Å². The minimum absolute atomic E-state index is 0.220. The van der Waals surface area contributed by atoms with Gasteiger partial charge in [0.1, 0.15) is 0 Å². The highest BCUT2D eigenvalue weighted by atomic mass is 127. The van der Waals surface area contributed by atoms with Crippen LogP contribution in [0.2, 0.25) is 0 Å². The molecule has 2 aromatic carbocycles. The van der Waals surface area contributed by atoms with Crippen molar-refractivity contribution in [3.63, 3.8) is 0 Å². The van der Waals surface area contributed by atoms with Gasteiger partial charge in [0, 0.05) is 0 Å². The fraction of sp³-hybridized carbons (Fsp3) is 0.455. The Balaban J connectivity index is 1.45. The summed E-state index contributed by atoms with van der Waals surface area (Å²) in [5.74, 6) is 0. The molecule has 2 N–H and O–H groups in total. The Labute approximate surface area is 160 Å². The van der Waals surface area contributed by atoms with Gasteiger partial charge in [-0.15, -0.1) is 0 Å². The maximum absolute atomic E-state index is 10.7. The van der Waals surface area contributed by atoms with Crippen molar-refractivity contribution in [1.82, 2.24) is 0 Å².